The Morgan fingerprint density at radius 3 is 2.00 bits per heavy atom. The Bertz CT molecular complexity index is 536. The average molecular weight is 260 g/mol. The van der Waals surface area contributed by atoms with E-state index in [9.17, 15) is 9.59 Å². The van der Waals surface area contributed by atoms with Gasteiger partial charge in [-0.05, 0) is 23.1 Å². The normalized spacial score (nSPS) is 11.4. The van der Waals surface area contributed by atoms with E-state index in [0.717, 1.165) is 5.56 Å². The number of benzene rings is 1. The average Bonchev–Trinajstić information content (AvgIpc) is 2.35. The number of carboxylic acid groups (broad SMARTS) is 2. The first kappa shape index (κ1) is 14.7. The number of carbonyl (C=O) groups is 2. The first-order valence-corrected chi connectivity index (χ1v) is 5.80. The molecule has 0 saturated heterocycles. The zero-order valence-corrected chi connectivity index (χ0v) is 10.9. The Hall–Kier alpha value is -2.36. The first-order valence-electron chi connectivity index (χ1n) is 5.80. The molecule has 100 valence electrons. The highest BCUT2D eigenvalue weighted by molar-refractivity contribution is 6.08. The minimum atomic E-state index is -1.34. The molecule has 0 aliphatic rings. The molecule has 19 heavy (non-hydrogen) atoms. The smallest absolute Gasteiger partial charge is 0.336 e. The van der Waals surface area contributed by atoms with Gasteiger partial charge < -0.3 is 10.2 Å². The van der Waals surface area contributed by atoms with Gasteiger partial charge in [0.2, 0.25) is 0 Å². The van der Waals surface area contributed by atoms with Crippen molar-refractivity contribution in [2.45, 2.75) is 19.8 Å². The minimum absolute atomic E-state index is 0.315. The van der Waals surface area contributed by atoms with Crippen LogP contribution in [0.5, 0.6) is 0 Å². The Morgan fingerprint density at radius 1 is 1.11 bits per heavy atom. The van der Waals surface area contributed by atoms with Crippen LogP contribution in [0.25, 0.3) is 6.08 Å². The fourth-order valence-electron chi connectivity index (χ4n) is 1.54. The lowest BCUT2D eigenvalue weighted by Gasteiger charge is -2.06. The highest BCUT2D eigenvalue weighted by Gasteiger charge is 2.17. The maximum Gasteiger partial charge on any atom is 0.336 e. The van der Waals surface area contributed by atoms with Crippen LogP contribution in [0.4, 0.5) is 0 Å². The Morgan fingerprint density at radius 2 is 1.63 bits per heavy atom. The van der Waals surface area contributed by atoms with Gasteiger partial charge in [0.1, 0.15) is 0 Å². The lowest BCUT2D eigenvalue weighted by molar-refractivity contribution is -0.136. The third-order valence-corrected chi connectivity index (χ3v) is 2.73. The molecule has 0 heterocycles. The van der Waals surface area contributed by atoms with Gasteiger partial charge in [0.15, 0.2) is 0 Å². The van der Waals surface area contributed by atoms with Crippen LogP contribution in [-0.2, 0) is 9.59 Å². The van der Waals surface area contributed by atoms with Crippen molar-refractivity contribution < 1.29 is 19.8 Å². The lowest BCUT2D eigenvalue weighted by atomic mass is 9.99. The number of hydrogen-bond acceptors (Lipinski definition) is 2. The molecule has 0 unspecified atom stereocenters. The van der Waals surface area contributed by atoms with E-state index >= 15 is 0 Å². The van der Waals surface area contributed by atoms with Crippen LogP contribution in [0.2, 0.25) is 0 Å². The monoisotopic (exact) mass is 260 g/mol. The molecular formula is C15H16O4. The number of rotatable bonds is 5. The number of aliphatic carboxylic acids is 2. The predicted octanol–water partition coefficient (Wildman–Crippen LogP) is 2.92. The minimum Gasteiger partial charge on any atom is -0.478 e. The van der Waals surface area contributed by atoms with Crippen molar-refractivity contribution >= 4 is 18.0 Å². The molecule has 0 aliphatic carbocycles. The topological polar surface area (TPSA) is 74.6 Å². The molecule has 0 amide bonds. The summed E-state index contributed by atoms with van der Waals surface area (Å²) in [5.41, 5.74) is 1.01. The van der Waals surface area contributed by atoms with Gasteiger partial charge in [-0.1, -0.05) is 44.7 Å². The van der Waals surface area contributed by atoms with Crippen molar-refractivity contribution in [1.29, 1.82) is 0 Å². The molecule has 0 spiro atoms. The number of hydrogen-bond donors (Lipinski definition) is 2. The summed E-state index contributed by atoms with van der Waals surface area (Å²) in [7, 11) is 0. The molecule has 4 nitrogen and oxygen atoms in total. The van der Waals surface area contributed by atoms with E-state index in [4.69, 9.17) is 10.2 Å². The van der Waals surface area contributed by atoms with Gasteiger partial charge in [0.25, 0.3) is 0 Å². The Labute approximate surface area is 111 Å². The second-order valence-corrected chi connectivity index (χ2v) is 4.47. The third kappa shape index (κ3) is 3.81. The summed E-state index contributed by atoms with van der Waals surface area (Å²) >= 11 is 0. The molecule has 2 N–H and O–H groups in total. The summed E-state index contributed by atoms with van der Waals surface area (Å²) in [5.74, 6) is -2.27. The Balaban J connectivity index is 3.13. The summed E-state index contributed by atoms with van der Waals surface area (Å²) in [6.45, 7) is 7.38. The van der Waals surface area contributed by atoms with Gasteiger partial charge in [-0.2, -0.15) is 0 Å². The maximum atomic E-state index is 11.0. The Kier molecular flexibility index (Phi) is 4.64. The molecule has 1 rings (SSSR count). The van der Waals surface area contributed by atoms with E-state index in [2.05, 4.69) is 20.4 Å². The quantitative estimate of drug-likeness (QED) is 0.630. The molecule has 0 bridgehead atoms. The molecule has 0 atom stereocenters. The van der Waals surface area contributed by atoms with Crippen LogP contribution in [0.3, 0.4) is 0 Å². The summed E-state index contributed by atoms with van der Waals surface area (Å²) < 4.78 is 0. The molecule has 1 aromatic rings. The lowest BCUT2D eigenvalue weighted by Crippen LogP contribution is -2.10. The summed E-state index contributed by atoms with van der Waals surface area (Å²) in [6, 6.07) is 7.29. The van der Waals surface area contributed by atoms with E-state index < -0.39 is 17.5 Å². The SMILES string of the molecule is C=C(C(=O)O)C(=Cc1ccc(C(C)C)cc1)C(=O)O. The van der Waals surface area contributed by atoms with Crippen LogP contribution in [0.1, 0.15) is 30.9 Å². The summed E-state index contributed by atoms with van der Waals surface area (Å²) in [6.07, 6.45) is 1.31. The molecule has 0 radical (unpaired) electrons. The zero-order valence-electron chi connectivity index (χ0n) is 10.9. The summed E-state index contributed by atoms with van der Waals surface area (Å²) in [5, 5.41) is 17.8. The molecular weight excluding hydrogens is 244 g/mol. The highest BCUT2D eigenvalue weighted by atomic mass is 16.4. The predicted molar refractivity (Wildman–Crippen MR) is 72.9 cm³/mol. The van der Waals surface area contributed by atoms with Crippen molar-refractivity contribution in [3.63, 3.8) is 0 Å². The fourth-order valence-corrected chi connectivity index (χ4v) is 1.54. The first-order chi connectivity index (χ1) is 8.82. The van der Waals surface area contributed by atoms with Crippen molar-refractivity contribution in [3.8, 4) is 0 Å². The second kappa shape index (κ2) is 6.00. The third-order valence-electron chi connectivity index (χ3n) is 2.73. The molecule has 4 heteroatoms. The summed E-state index contributed by atoms with van der Waals surface area (Å²) in [4.78, 5) is 21.8. The largest absolute Gasteiger partial charge is 0.478 e. The number of carboxylic acids is 2. The van der Waals surface area contributed by atoms with Gasteiger partial charge >= 0.3 is 11.9 Å². The van der Waals surface area contributed by atoms with Crippen molar-refractivity contribution in [2.24, 2.45) is 0 Å². The molecule has 0 aliphatic heterocycles. The zero-order chi connectivity index (χ0) is 14.6. The van der Waals surface area contributed by atoms with Crippen molar-refractivity contribution in [1.82, 2.24) is 0 Å². The van der Waals surface area contributed by atoms with Crippen LogP contribution >= 0.6 is 0 Å². The van der Waals surface area contributed by atoms with Crippen LogP contribution in [0, 0.1) is 0 Å². The fraction of sp³-hybridized carbons (Fsp3) is 0.200. The van der Waals surface area contributed by atoms with Crippen LogP contribution in [-0.4, -0.2) is 22.2 Å². The van der Waals surface area contributed by atoms with Gasteiger partial charge in [-0.25, -0.2) is 9.59 Å². The maximum absolute atomic E-state index is 11.0. The van der Waals surface area contributed by atoms with E-state index in [1.807, 2.05) is 12.1 Å². The van der Waals surface area contributed by atoms with E-state index in [1.165, 1.54) is 6.08 Å². The van der Waals surface area contributed by atoms with Crippen LogP contribution in [0.15, 0.2) is 42.0 Å². The van der Waals surface area contributed by atoms with Crippen molar-refractivity contribution in [3.05, 3.63) is 53.1 Å². The molecule has 1 aromatic carbocycles. The molecule has 0 aromatic heterocycles. The van der Waals surface area contributed by atoms with Gasteiger partial charge in [0.05, 0.1) is 11.1 Å². The van der Waals surface area contributed by atoms with Crippen LogP contribution < -0.4 is 0 Å². The molecule has 0 saturated carbocycles. The standard InChI is InChI=1S/C15H16O4/c1-9(2)12-6-4-11(5-7-12)8-13(15(18)19)10(3)14(16)17/h4-9H,3H2,1-2H3,(H,16,17)(H,18,19). The van der Waals surface area contributed by atoms with Gasteiger partial charge in [-0.15, -0.1) is 0 Å². The highest BCUT2D eigenvalue weighted by Crippen LogP contribution is 2.18. The van der Waals surface area contributed by atoms with Gasteiger partial charge in [0, 0.05) is 0 Å². The van der Waals surface area contributed by atoms with Gasteiger partial charge in [-0.3, -0.25) is 0 Å². The van der Waals surface area contributed by atoms with Crippen molar-refractivity contribution in [2.75, 3.05) is 0 Å². The van der Waals surface area contributed by atoms with E-state index in [1.54, 1.807) is 12.1 Å². The second-order valence-electron chi connectivity index (χ2n) is 4.47. The molecule has 0 fully saturated rings. The van der Waals surface area contributed by atoms with E-state index in [-0.39, 0.29) is 5.57 Å². The van der Waals surface area contributed by atoms with E-state index in [0.29, 0.717) is 11.5 Å².